The van der Waals surface area contributed by atoms with E-state index in [2.05, 4.69) is 5.32 Å². The van der Waals surface area contributed by atoms with Crippen LogP contribution >= 0.6 is 0 Å². The summed E-state index contributed by atoms with van der Waals surface area (Å²) in [6.07, 6.45) is 0.0656. The van der Waals surface area contributed by atoms with Crippen molar-refractivity contribution >= 4 is 17.8 Å². The van der Waals surface area contributed by atoms with Gasteiger partial charge in [0.2, 0.25) is 5.91 Å². The number of hydrogen-bond donors (Lipinski definition) is 1. The van der Waals surface area contributed by atoms with Crippen LogP contribution < -0.4 is 5.32 Å². The molecule has 0 aromatic heterocycles. The Balaban J connectivity index is 1.78. The van der Waals surface area contributed by atoms with E-state index in [4.69, 9.17) is 10.00 Å². The number of imide groups is 1. The summed E-state index contributed by atoms with van der Waals surface area (Å²) in [4.78, 5) is 35.1. The molecule has 0 aliphatic heterocycles. The van der Waals surface area contributed by atoms with E-state index in [-0.39, 0.29) is 12.0 Å². The maximum absolute atomic E-state index is 11.8. The molecule has 24 heavy (non-hydrogen) atoms. The highest BCUT2D eigenvalue weighted by Gasteiger charge is 2.12. The van der Waals surface area contributed by atoms with Gasteiger partial charge in [0, 0.05) is 0 Å². The van der Waals surface area contributed by atoms with E-state index in [9.17, 15) is 14.4 Å². The van der Waals surface area contributed by atoms with Crippen molar-refractivity contribution in [2.75, 3.05) is 6.61 Å². The second-order valence-corrected chi connectivity index (χ2v) is 4.90. The number of nitrogens with one attached hydrogen (secondary N) is 1. The van der Waals surface area contributed by atoms with E-state index in [0.717, 1.165) is 5.56 Å². The van der Waals surface area contributed by atoms with Crippen molar-refractivity contribution < 1.29 is 19.1 Å². The summed E-state index contributed by atoms with van der Waals surface area (Å²) >= 11 is 0. The van der Waals surface area contributed by atoms with Gasteiger partial charge in [0.05, 0.1) is 23.6 Å². The molecule has 0 saturated carbocycles. The lowest BCUT2D eigenvalue weighted by atomic mass is 10.1. The number of rotatable bonds is 5. The summed E-state index contributed by atoms with van der Waals surface area (Å²) < 4.78 is 4.83. The molecule has 0 spiro atoms. The molecule has 6 heteroatoms. The third kappa shape index (κ3) is 5.07. The summed E-state index contributed by atoms with van der Waals surface area (Å²) in [5.74, 6) is -1.87. The molecule has 0 unspecified atom stereocenters. The Morgan fingerprint density at radius 2 is 1.62 bits per heavy atom. The van der Waals surface area contributed by atoms with Crippen LogP contribution in [0.4, 0.5) is 0 Å². The van der Waals surface area contributed by atoms with Crippen LogP contribution in [0.5, 0.6) is 0 Å². The second kappa shape index (κ2) is 8.25. The minimum atomic E-state index is -0.704. The van der Waals surface area contributed by atoms with Crippen molar-refractivity contribution in [1.29, 1.82) is 5.26 Å². The van der Waals surface area contributed by atoms with Crippen LogP contribution in [0.25, 0.3) is 0 Å². The minimum Gasteiger partial charge on any atom is -0.452 e. The topological polar surface area (TPSA) is 96.3 Å². The maximum Gasteiger partial charge on any atom is 0.338 e. The predicted molar refractivity (Wildman–Crippen MR) is 84.7 cm³/mol. The molecule has 2 amide bonds. The number of hydrogen-bond acceptors (Lipinski definition) is 5. The third-order valence-electron chi connectivity index (χ3n) is 3.07. The molecule has 120 valence electrons. The fraction of sp³-hybridized carbons (Fsp3) is 0.111. The van der Waals surface area contributed by atoms with Crippen LogP contribution in [0, 0.1) is 11.3 Å². The van der Waals surface area contributed by atoms with E-state index < -0.39 is 24.4 Å². The Kier molecular flexibility index (Phi) is 5.81. The summed E-state index contributed by atoms with van der Waals surface area (Å²) in [6, 6.07) is 16.7. The van der Waals surface area contributed by atoms with Crippen molar-refractivity contribution in [3.63, 3.8) is 0 Å². The molecule has 0 heterocycles. The van der Waals surface area contributed by atoms with Gasteiger partial charge in [-0.1, -0.05) is 30.3 Å². The molecule has 0 fully saturated rings. The van der Waals surface area contributed by atoms with Crippen molar-refractivity contribution in [2.45, 2.75) is 6.42 Å². The standard InChI is InChI=1S/C18H14N2O4/c19-11-14-6-8-15(9-7-14)18(23)24-12-17(22)20-16(21)10-13-4-2-1-3-5-13/h1-9H,10,12H2,(H,20,21,22). The molecule has 2 aromatic rings. The molecular formula is C18H14N2O4. The Morgan fingerprint density at radius 1 is 0.958 bits per heavy atom. The van der Waals surface area contributed by atoms with Gasteiger partial charge in [0.15, 0.2) is 6.61 Å². The number of esters is 1. The van der Waals surface area contributed by atoms with Gasteiger partial charge in [-0.15, -0.1) is 0 Å². The average molecular weight is 322 g/mol. The van der Waals surface area contributed by atoms with E-state index in [1.807, 2.05) is 12.1 Å². The second-order valence-electron chi connectivity index (χ2n) is 4.90. The molecule has 0 saturated heterocycles. The van der Waals surface area contributed by atoms with Crippen LogP contribution in [0.15, 0.2) is 54.6 Å². The number of nitrogens with zero attached hydrogens (tertiary/aromatic N) is 1. The number of ether oxygens (including phenoxy) is 1. The van der Waals surface area contributed by atoms with Crippen LogP contribution in [0.3, 0.4) is 0 Å². The molecule has 2 aromatic carbocycles. The Bertz CT molecular complexity index is 777. The van der Waals surface area contributed by atoms with E-state index in [1.165, 1.54) is 24.3 Å². The number of nitriles is 1. The Morgan fingerprint density at radius 3 is 2.25 bits per heavy atom. The zero-order chi connectivity index (χ0) is 17.4. The van der Waals surface area contributed by atoms with Gasteiger partial charge in [-0.05, 0) is 29.8 Å². The fourth-order valence-corrected chi connectivity index (χ4v) is 1.91. The Labute approximate surface area is 138 Å². The van der Waals surface area contributed by atoms with Gasteiger partial charge in [0.1, 0.15) is 0 Å². The van der Waals surface area contributed by atoms with Crippen molar-refractivity contribution in [1.82, 2.24) is 5.32 Å². The van der Waals surface area contributed by atoms with Gasteiger partial charge < -0.3 is 4.74 Å². The predicted octanol–water partition coefficient (Wildman–Crippen LogP) is 1.60. The summed E-state index contributed by atoms with van der Waals surface area (Å²) in [7, 11) is 0. The lowest BCUT2D eigenvalue weighted by Gasteiger charge is -2.06. The zero-order valence-electron chi connectivity index (χ0n) is 12.7. The molecule has 1 N–H and O–H groups in total. The smallest absolute Gasteiger partial charge is 0.338 e. The highest BCUT2D eigenvalue weighted by Crippen LogP contribution is 2.05. The van der Waals surface area contributed by atoms with Crippen LogP contribution in [0.2, 0.25) is 0 Å². The number of benzene rings is 2. The largest absolute Gasteiger partial charge is 0.452 e. The first-order valence-corrected chi connectivity index (χ1v) is 7.12. The molecule has 0 atom stereocenters. The van der Waals surface area contributed by atoms with Crippen molar-refractivity contribution in [3.8, 4) is 6.07 Å². The molecule has 6 nitrogen and oxygen atoms in total. The SMILES string of the molecule is N#Cc1ccc(C(=O)OCC(=O)NC(=O)Cc2ccccc2)cc1. The molecule has 2 rings (SSSR count). The normalized spacial score (nSPS) is 9.62. The van der Waals surface area contributed by atoms with Crippen LogP contribution in [-0.2, 0) is 20.7 Å². The van der Waals surface area contributed by atoms with Crippen LogP contribution in [-0.4, -0.2) is 24.4 Å². The molecular weight excluding hydrogens is 308 g/mol. The van der Waals surface area contributed by atoms with E-state index in [1.54, 1.807) is 24.3 Å². The minimum absolute atomic E-state index is 0.0656. The molecule has 0 aliphatic rings. The van der Waals surface area contributed by atoms with E-state index in [0.29, 0.717) is 5.56 Å². The number of carbonyl (C=O) groups excluding carboxylic acids is 3. The zero-order valence-corrected chi connectivity index (χ0v) is 12.7. The number of carbonyl (C=O) groups is 3. The van der Waals surface area contributed by atoms with Gasteiger partial charge in [0.25, 0.3) is 5.91 Å². The highest BCUT2D eigenvalue weighted by atomic mass is 16.5. The first kappa shape index (κ1) is 16.9. The van der Waals surface area contributed by atoms with Gasteiger partial charge in [-0.2, -0.15) is 5.26 Å². The average Bonchev–Trinajstić information content (AvgIpc) is 2.60. The summed E-state index contributed by atoms with van der Waals surface area (Å²) in [5, 5.41) is 10.8. The monoisotopic (exact) mass is 322 g/mol. The Hall–Kier alpha value is -3.46. The third-order valence-corrected chi connectivity index (χ3v) is 3.07. The maximum atomic E-state index is 11.8. The summed E-state index contributed by atoms with van der Waals surface area (Å²) in [5.41, 5.74) is 1.41. The summed E-state index contributed by atoms with van der Waals surface area (Å²) in [6.45, 7) is -0.556. The highest BCUT2D eigenvalue weighted by molar-refractivity contribution is 5.98. The molecule has 0 aliphatic carbocycles. The number of amides is 2. The van der Waals surface area contributed by atoms with Crippen molar-refractivity contribution in [2.24, 2.45) is 0 Å². The lowest BCUT2D eigenvalue weighted by Crippen LogP contribution is -2.35. The first-order chi connectivity index (χ1) is 11.6. The quantitative estimate of drug-likeness (QED) is 0.843. The van der Waals surface area contributed by atoms with Gasteiger partial charge in [-0.3, -0.25) is 14.9 Å². The van der Waals surface area contributed by atoms with Gasteiger partial charge in [-0.25, -0.2) is 4.79 Å². The molecule has 0 radical (unpaired) electrons. The lowest BCUT2D eigenvalue weighted by molar-refractivity contribution is -0.132. The molecule has 0 bridgehead atoms. The fourth-order valence-electron chi connectivity index (χ4n) is 1.91. The van der Waals surface area contributed by atoms with Gasteiger partial charge >= 0.3 is 5.97 Å². The first-order valence-electron chi connectivity index (χ1n) is 7.12. The van der Waals surface area contributed by atoms with E-state index >= 15 is 0 Å². The van der Waals surface area contributed by atoms with Crippen molar-refractivity contribution in [3.05, 3.63) is 71.3 Å². The van der Waals surface area contributed by atoms with Crippen LogP contribution in [0.1, 0.15) is 21.5 Å².